The summed E-state index contributed by atoms with van der Waals surface area (Å²) in [7, 11) is 0. The van der Waals surface area contributed by atoms with E-state index in [1.807, 2.05) is 12.0 Å². The molecule has 0 aliphatic carbocycles. The normalized spacial score (nSPS) is 11.2. The molecular weight excluding hydrogens is 347 g/mol. The quantitative estimate of drug-likeness (QED) is 0.708. The number of carbonyl (C=O) groups is 1. The van der Waals surface area contributed by atoms with Gasteiger partial charge in [-0.1, -0.05) is 35.9 Å². The summed E-state index contributed by atoms with van der Waals surface area (Å²) in [6.07, 6.45) is -5.48. The van der Waals surface area contributed by atoms with Crippen LogP contribution in [0.2, 0.25) is 0 Å². The minimum atomic E-state index is -4.60. The van der Waals surface area contributed by atoms with Gasteiger partial charge in [-0.25, -0.2) is 9.69 Å². The molecule has 0 unspecified atom stereocenters. The van der Waals surface area contributed by atoms with Gasteiger partial charge in [0.25, 0.3) is 0 Å². The number of aryl methyl sites for hydroxylation is 1. The Labute approximate surface area is 147 Å². The molecule has 1 heterocycles. The average Bonchev–Trinajstić information content (AvgIpc) is 3.08. The van der Waals surface area contributed by atoms with Crippen LogP contribution in [-0.4, -0.2) is 16.3 Å². The number of halogens is 3. The minimum absolute atomic E-state index is 0.220. The maximum absolute atomic E-state index is 12.9. The van der Waals surface area contributed by atoms with Crippen LogP contribution in [-0.2, 0) is 6.18 Å². The number of anilines is 2. The zero-order valence-corrected chi connectivity index (χ0v) is 13.6. The van der Waals surface area contributed by atoms with E-state index in [1.54, 1.807) is 54.6 Å². The van der Waals surface area contributed by atoms with Gasteiger partial charge in [0, 0.05) is 6.07 Å². The minimum Gasteiger partial charge on any atom is -0.410 e. The molecule has 0 radical (unpaired) electrons. The number of ether oxygens (including phenoxy) is 1. The van der Waals surface area contributed by atoms with Crippen molar-refractivity contribution in [3.8, 4) is 5.75 Å². The first-order chi connectivity index (χ1) is 12.3. The van der Waals surface area contributed by atoms with E-state index in [-0.39, 0.29) is 11.6 Å². The molecule has 0 bridgehead atoms. The molecule has 1 N–H and O–H groups in total. The number of alkyl halides is 3. The van der Waals surface area contributed by atoms with Crippen LogP contribution in [0.1, 0.15) is 11.3 Å². The molecule has 5 nitrogen and oxygen atoms in total. The molecule has 3 rings (SSSR count). The second-order valence-corrected chi connectivity index (χ2v) is 5.49. The lowest BCUT2D eigenvalue weighted by molar-refractivity contribution is -0.141. The SMILES string of the molecule is Cc1ccc(N(C(=O)Oc2ccccc2)c2cc(C(F)(F)F)[nH]n2)cc1. The van der Waals surface area contributed by atoms with Crippen molar-refractivity contribution in [1.82, 2.24) is 10.2 Å². The number of aromatic amines is 1. The summed E-state index contributed by atoms with van der Waals surface area (Å²) in [5, 5.41) is 5.53. The highest BCUT2D eigenvalue weighted by molar-refractivity contribution is 5.96. The molecule has 2 aromatic carbocycles. The Morgan fingerprint density at radius 2 is 1.73 bits per heavy atom. The molecule has 26 heavy (non-hydrogen) atoms. The standard InChI is InChI=1S/C18H14F3N3O2/c1-12-7-9-13(10-8-12)24(16-11-15(22-23-16)18(19,20)21)17(25)26-14-5-3-2-4-6-14/h2-11H,1H3,(H,22,23). The van der Waals surface area contributed by atoms with Crippen molar-refractivity contribution in [3.63, 3.8) is 0 Å². The van der Waals surface area contributed by atoms with E-state index in [0.29, 0.717) is 5.69 Å². The number of nitrogens with zero attached hydrogens (tertiary/aromatic N) is 2. The van der Waals surface area contributed by atoms with Crippen LogP contribution in [0.4, 0.5) is 29.5 Å². The molecule has 0 fully saturated rings. The topological polar surface area (TPSA) is 58.2 Å². The summed E-state index contributed by atoms with van der Waals surface area (Å²) < 4.78 is 43.8. The van der Waals surface area contributed by atoms with Gasteiger partial charge in [-0.05, 0) is 31.2 Å². The zero-order valence-electron chi connectivity index (χ0n) is 13.6. The van der Waals surface area contributed by atoms with Gasteiger partial charge < -0.3 is 4.74 Å². The van der Waals surface area contributed by atoms with Gasteiger partial charge in [0.2, 0.25) is 0 Å². The summed E-state index contributed by atoms with van der Waals surface area (Å²) in [6.45, 7) is 1.85. The lowest BCUT2D eigenvalue weighted by Crippen LogP contribution is -2.29. The molecule has 0 aliphatic heterocycles. The van der Waals surface area contributed by atoms with Crippen LogP contribution in [0.25, 0.3) is 0 Å². The Morgan fingerprint density at radius 1 is 1.08 bits per heavy atom. The predicted octanol–water partition coefficient (Wildman–Crippen LogP) is 5.07. The van der Waals surface area contributed by atoms with E-state index >= 15 is 0 Å². The Kier molecular flexibility index (Phi) is 4.66. The predicted molar refractivity (Wildman–Crippen MR) is 89.4 cm³/mol. The van der Waals surface area contributed by atoms with Gasteiger partial charge in [-0.15, -0.1) is 0 Å². The van der Waals surface area contributed by atoms with Crippen molar-refractivity contribution < 1.29 is 22.7 Å². The smallest absolute Gasteiger partial charge is 0.410 e. The molecule has 134 valence electrons. The summed E-state index contributed by atoms with van der Waals surface area (Å²) in [5.41, 5.74) is 0.206. The first kappa shape index (κ1) is 17.5. The third-order valence-electron chi connectivity index (χ3n) is 3.52. The van der Waals surface area contributed by atoms with Gasteiger partial charge >= 0.3 is 12.3 Å². The Hall–Kier alpha value is -3.29. The third-order valence-corrected chi connectivity index (χ3v) is 3.52. The fraction of sp³-hybridized carbons (Fsp3) is 0.111. The summed E-state index contributed by atoms with van der Waals surface area (Å²) in [6, 6.07) is 15.7. The number of para-hydroxylation sites is 1. The van der Waals surface area contributed by atoms with E-state index in [4.69, 9.17) is 4.74 Å². The van der Waals surface area contributed by atoms with Crippen molar-refractivity contribution in [3.05, 3.63) is 71.9 Å². The lowest BCUT2D eigenvalue weighted by atomic mass is 10.2. The number of rotatable bonds is 3. The van der Waals surface area contributed by atoms with Crippen molar-refractivity contribution in [1.29, 1.82) is 0 Å². The van der Waals surface area contributed by atoms with Crippen molar-refractivity contribution >= 4 is 17.6 Å². The summed E-state index contributed by atoms with van der Waals surface area (Å²) in [5.74, 6) is 0.0447. The lowest BCUT2D eigenvalue weighted by Gasteiger charge is -2.19. The molecule has 3 aromatic rings. The molecular formula is C18H14F3N3O2. The van der Waals surface area contributed by atoms with Gasteiger partial charge in [0.15, 0.2) is 5.82 Å². The first-order valence-electron chi connectivity index (χ1n) is 7.61. The van der Waals surface area contributed by atoms with E-state index in [2.05, 4.69) is 5.10 Å². The molecule has 0 atom stereocenters. The van der Waals surface area contributed by atoms with E-state index < -0.39 is 18.0 Å². The second kappa shape index (κ2) is 6.91. The van der Waals surface area contributed by atoms with E-state index in [1.165, 1.54) is 0 Å². The Bertz CT molecular complexity index is 890. The highest BCUT2D eigenvalue weighted by Crippen LogP contribution is 2.32. The molecule has 1 aromatic heterocycles. The monoisotopic (exact) mass is 361 g/mol. The van der Waals surface area contributed by atoms with E-state index in [9.17, 15) is 18.0 Å². The van der Waals surface area contributed by atoms with Gasteiger partial charge in [0.1, 0.15) is 11.4 Å². The van der Waals surface area contributed by atoms with Crippen LogP contribution >= 0.6 is 0 Å². The number of nitrogens with one attached hydrogen (secondary N) is 1. The zero-order chi connectivity index (χ0) is 18.7. The number of benzene rings is 2. The highest BCUT2D eigenvalue weighted by Gasteiger charge is 2.35. The van der Waals surface area contributed by atoms with Crippen molar-refractivity contribution in [2.75, 3.05) is 4.90 Å². The molecule has 0 spiro atoms. The van der Waals surface area contributed by atoms with Gasteiger partial charge in [-0.2, -0.15) is 18.3 Å². The molecule has 0 aliphatic rings. The average molecular weight is 361 g/mol. The highest BCUT2D eigenvalue weighted by atomic mass is 19.4. The van der Waals surface area contributed by atoms with Gasteiger partial charge in [0.05, 0.1) is 5.69 Å². The van der Waals surface area contributed by atoms with Crippen LogP contribution in [0, 0.1) is 6.92 Å². The van der Waals surface area contributed by atoms with Crippen LogP contribution < -0.4 is 9.64 Å². The maximum Gasteiger partial charge on any atom is 0.432 e. The fourth-order valence-electron chi connectivity index (χ4n) is 2.23. The number of hydrogen-bond acceptors (Lipinski definition) is 3. The Balaban J connectivity index is 1.97. The number of hydrogen-bond donors (Lipinski definition) is 1. The maximum atomic E-state index is 12.9. The van der Waals surface area contributed by atoms with Gasteiger partial charge in [-0.3, -0.25) is 5.10 Å². The third kappa shape index (κ3) is 3.85. The van der Waals surface area contributed by atoms with Crippen molar-refractivity contribution in [2.45, 2.75) is 13.1 Å². The van der Waals surface area contributed by atoms with Crippen LogP contribution in [0.3, 0.4) is 0 Å². The first-order valence-corrected chi connectivity index (χ1v) is 7.61. The Morgan fingerprint density at radius 3 is 2.31 bits per heavy atom. The second-order valence-electron chi connectivity index (χ2n) is 5.49. The summed E-state index contributed by atoms with van der Waals surface area (Å²) in [4.78, 5) is 13.6. The molecule has 0 saturated carbocycles. The number of aromatic nitrogens is 2. The van der Waals surface area contributed by atoms with E-state index in [0.717, 1.165) is 16.5 Å². The fourth-order valence-corrected chi connectivity index (χ4v) is 2.23. The summed E-state index contributed by atoms with van der Waals surface area (Å²) >= 11 is 0. The van der Waals surface area contributed by atoms with Crippen LogP contribution in [0.5, 0.6) is 5.75 Å². The number of carbonyl (C=O) groups excluding carboxylic acids is 1. The molecule has 0 saturated heterocycles. The van der Waals surface area contributed by atoms with Crippen molar-refractivity contribution in [2.24, 2.45) is 0 Å². The largest absolute Gasteiger partial charge is 0.432 e. The van der Waals surface area contributed by atoms with Crippen LogP contribution in [0.15, 0.2) is 60.7 Å². The number of H-pyrrole nitrogens is 1. The number of amides is 1. The molecule has 1 amide bonds. The molecule has 8 heteroatoms.